The average Bonchev–Trinajstić information content (AvgIpc) is 2.36. The predicted molar refractivity (Wildman–Crippen MR) is 88.3 cm³/mol. The number of rotatable bonds is 3. The highest BCUT2D eigenvalue weighted by Crippen LogP contribution is 2.35. The average molecular weight is 305 g/mol. The van der Waals surface area contributed by atoms with Crippen LogP contribution in [-0.2, 0) is 11.8 Å². The van der Waals surface area contributed by atoms with Crippen molar-refractivity contribution in [1.82, 2.24) is 4.98 Å². The summed E-state index contributed by atoms with van der Waals surface area (Å²) < 4.78 is 5.92. The van der Waals surface area contributed by atoms with Crippen LogP contribution in [0.25, 0.3) is 0 Å². The molecule has 1 aromatic carbocycles. The maximum absolute atomic E-state index is 5.92. The van der Waals surface area contributed by atoms with Gasteiger partial charge in [-0.05, 0) is 29.5 Å². The second-order valence-corrected chi connectivity index (χ2v) is 6.48. The summed E-state index contributed by atoms with van der Waals surface area (Å²) in [6, 6.07) is 9.51. The number of ether oxygens (including phenoxy) is 1. The zero-order valence-corrected chi connectivity index (χ0v) is 13.7. The Kier molecular flexibility index (Phi) is 4.43. The van der Waals surface area contributed by atoms with Crippen molar-refractivity contribution in [2.75, 3.05) is 5.73 Å². The van der Waals surface area contributed by atoms with Gasteiger partial charge in [0.05, 0.1) is 0 Å². The van der Waals surface area contributed by atoms with Crippen LogP contribution in [0.4, 0.5) is 5.69 Å². The molecule has 0 fully saturated rings. The standard InChI is InChI=1S/C17H21ClN2O/c1-5-11-6-7-14(13(8-11)17(2,3)4)21-16-10-12(19)9-15(18)20-16/h6-10H,5H2,1-4H3,(H2,19,20). The van der Waals surface area contributed by atoms with Gasteiger partial charge >= 0.3 is 0 Å². The van der Waals surface area contributed by atoms with Crippen molar-refractivity contribution in [3.8, 4) is 11.6 Å². The van der Waals surface area contributed by atoms with E-state index in [-0.39, 0.29) is 5.41 Å². The molecule has 0 radical (unpaired) electrons. The lowest BCUT2D eigenvalue weighted by molar-refractivity contribution is 0.440. The quantitative estimate of drug-likeness (QED) is 0.814. The smallest absolute Gasteiger partial charge is 0.222 e. The molecule has 112 valence electrons. The Balaban J connectivity index is 2.43. The van der Waals surface area contributed by atoms with Crippen molar-refractivity contribution in [1.29, 1.82) is 0 Å². The Morgan fingerprint density at radius 2 is 1.90 bits per heavy atom. The lowest BCUT2D eigenvalue weighted by Gasteiger charge is -2.23. The number of halogens is 1. The molecule has 0 spiro atoms. The third-order valence-electron chi connectivity index (χ3n) is 3.27. The summed E-state index contributed by atoms with van der Waals surface area (Å²) in [5.41, 5.74) is 8.71. The van der Waals surface area contributed by atoms with Crippen molar-refractivity contribution in [2.45, 2.75) is 39.5 Å². The number of hydrogen-bond acceptors (Lipinski definition) is 3. The van der Waals surface area contributed by atoms with Crippen LogP contribution in [0.15, 0.2) is 30.3 Å². The number of nitrogen functional groups attached to an aromatic ring is 1. The van der Waals surface area contributed by atoms with E-state index in [9.17, 15) is 0 Å². The molecule has 1 heterocycles. The van der Waals surface area contributed by atoms with Crippen LogP contribution in [0.5, 0.6) is 11.6 Å². The van der Waals surface area contributed by atoms with Crippen LogP contribution in [-0.4, -0.2) is 4.98 Å². The Morgan fingerprint density at radius 1 is 1.19 bits per heavy atom. The molecule has 0 aliphatic heterocycles. The van der Waals surface area contributed by atoms with E-state index in [1.165, 1.54) is 5.56 Å². The summed E-state index contributed by atoms with van der Waals surface area (Å²) in [6.07, 6.45) is 0.992. The molecular formula is C17H21ClN2O. The molecular weight excluding hydrogens is 284 g/mol. The highest BCUT2D eigenvalue weighted by atomic mass is 35.5. The molecule has 0 aliphatic rings. The predicted octanol–water partition coefficient (Wildman–Crippen LogP) is 4.97. The molecule has 2 aromatic rings. The molecule has 3 nitrogen and oxygen atoms in total. The van der Waals surface area contributed by atoms with E-state index in [0.29, 0.717) is 16.7 Å². The molecule has 0 saturated heterocycles. The van der Waals surface area contributed by atoms with E-state index in [1.54, 1.807) is 12.1 Å². The van der Waals surface area contributed by atoms with Crippen LogP contribution >= 0.6 is 11.6 Å². The Morgan fingerprint density at radius 3 is 2.48 bits per heavy atom. The van der Waals surface area contributed by atoms with E-state index in [4.69, 9.17) is 22.1 Å². The monoisotopic (exact) mass is 304 g/mol. The summed E-state index contributed by atoms with van der Waals surface area (Å²) in [6.45, 7) is 8.62. The molecule has 2 rings (SSSR count). The lowest BCUT2D eigenvalue weighted by atomic mass is 9.85. The largest absolute Gasteiger partial charge is 0.439 e. The Bertz CT molecular complexity index is 627. The van der Waals surface area contributed by atoms with Gasteiger partial charge in [0.15, 0.2) is 0 Å². The minimum atomic E-state index is -0.0232. The summed E-state index contributed by atoms with van der Waals surface area (Å²) in [5, 5.41) is 0.326. The zero-order chi connectivity index (χ0) is 15.6. The topological polar surface area (TPSA) is 48.1 Å². The first-order valence-electron chi connectivity index (χ1n) is 7.04. The van der Waals surface area contributed by atoms with Gasteiger partial charge in [-0.3, -0.25) is 0 Å². The number of pyridine rings is 1. The number of aromatic nitrogens is 1. The summed E-state index contributed by atoms with van der Waals surface area (Å²) in [5.74, 6) is 1.20. The van der Waals surface area contributed by atoms with E-state index in [2.05, 4.69) is 44.8 Å². The maximum Gasteiger partial charge on any atom is 0.222 e. The van der Waals surface area contributed by atoms with Crippen LogP contribution < -0.4 is 10.5 Å². The first kappa shape index (κ1) is 15.6. The van der Waals surface area contributed by atoms with E-state index >= 15 is 0 Å². The van der Waals surface area contributed by atoms with Gasteiger partial charge in [-0.15, -0.1) is 0 Å². The van der Waals surface area contributed by atoms with Crippen molar-refractivity contribution in [3.63, 3.8) is 0 Å². The molecule has 0 aliphatic carbocycles. The molecule has 0 unspecified atom stereocenters. The summed E-state index contributed by atoms with van der Waals surface area (Å²) in [4.78, 5) is 4.16. The number of nitrogens with zero attached hydrogens (tertiary/aromatic N) is 1. The van der Waals surface area contributed by atoms with Gasteiger partial charge in [0, 0.05) is 17.3 Å². The third kappa shape index (κ3) is 3.88. The molecule has 4 heteroatoms. The highest BCUT2D eigenvalue weighted by molar-refractivity contribution is 6.29. The van der Waals surface area contributed by atoms with Gasteiger partial charge in [0.1, 0.15) is 10.9 Å². The number of aryl methyl sites for hydroxylation is 1. The van der Waals surface area contributed by atoms with Crippen LogP contribution in [0.1, 0.15) is 38.8 Å². The molecule has 0 saturated carbocycles. The van der Waals surface area contributed by atoms with Crippen molar-refractivity contribution >= 4 is 17.3 Å². The third-order valence-corrected chi connectivity index (χ3v) is 3.46. The van der Waals surface area contributed by atoms with Crippen LogP contribution in [0.2, 0.25) is 5.15 Å². The molecule has 2 N–H and O–H groups in total. The Labute approximate surface area is 131 Å². The fourth-order valence-electron chi connectivity index (χ4n) is 2.13. The molecule has 0 amide bonds. The van der Waals surface area contributed by atoms with E-state index < -0.39 is 0 Å². The SMILES string of the molecule is CCc1ccc(Oc2cc(N)cc(Cl)n2)c(C(C)(C)C)c1. The van der Waals surface area contributed by atoms with Crippen LogP contribution in [0, 0.1) is 0 Å². The minimum absolute atomic E-state index is 0.0232. The second-order valence-electron chi connectivity index (χ2n) is 6.10. The molecule has 0 bridgehead atoms. The molecule has 0 atom stereocenters. The van der Waals surface area contributed by atoms with Crippen LogP contribution in [0.3, 0.4) is 0 Å². The van der Waals surface area contributed by atoms with Crippen molar-refractivity contribution in [3.05, 3.63) is 46.6 Å². The number of nitrogens with two attached hydrogens (primary N) is 1. The normalized spacial score (nSPS) is 11.5. The Hall–Kier alpha value is -1.74. The lowest BCUT2D eigenvalue weighted by Crippen LogP contribution is -2.13. The fraction of sp³-hybridized carbons (Fsp3) is 0.353. The molecule has 21 heavy (non-hydrogen) atoms. The number of benzene rings is 1. The van der Waals surface area contributed by atoms with Gasteiger partial charge in [0.2, 0.25) is 5.88 Å². The van der Waals surface area contributed by atoms with Gasteiger partial charge < -0.3 is 10.5 Å². The van der Waals surface area contributed by atoms with Crippen molar-refractivity contribution < 1.29 is 4.74 Å². The first-order chi connectivity index (χ1) is 9.79. The second kappa shape index (κ2) is 5.94. The number of anilines is 1. The fourth-order valence-corrected chi connectivity index (χ4v) is 2.34. The first-order valence-corrected chi connectivity index (χ1v) is 7.41. The summed E-state index contributed by atoms with van der Waals surface area (Å²) >= 11 is 5.92. The van der Waals surface area contributed by atoms with E-state index in [0.717, 1.165) is 17.7 Å². The van der Waals surface area contributed by atoms with Gasteiger partial charge in [0.25, 0.3) is 0 Å². The van der Waals surface area contributed by atoms with Gasteiger partial charge in [-0.25, -0.2) is 4.98 Å². The highest BCUT2D eigenvalue weighted by Gasteiger charge is 2.20. The molecule has 1 aromatic heterocycles. The number of hydrogen-bond donors (Lipinski definition) is 1. The van der Waals surface area contributed by atoms with Gasteiger partial charge in [-0.2, -0.15) is 0 Å². The summed E-state index contributed by atoms with van der Waals surface area (Å²) in [7, 11) is 0. The van der Waals surface area contributed by atoms with Crippen molar-refractivity contribution in [2.24, 2.45) is 0 Å². The van der Waals surface area contributed by atoms with Gasteiger partial charge in [-0.1, -0.05) is 51.4 Å². The minimum Gasteiger partial charge on any atom is -0.439 e. The van der Waals surface area contributed by atoms with E-state index in [1.807, 2.05) is 6.07 Å². The maximum atomic E-state index is 5.92. The zero-order valence-electron chi connectivity index (χ0n) is 12.9.